The van der Waals surface area contributed by atoms with Crippen LogP contribution in [0.1, 0.15) is 44.5 Å². The molecule has 0 saturated heterocycles. The fraction of sp³-hybridized carbons (Fsp3) is 0.0227. The van der Waals surface area contributed by atoms with Gasteiger partial charge < -0.3 is 9.80 Å². The van der Waals surface area contributed by atoms with Crippen molar-refractivity contribution in [3.05, 3.63) is 384 Å². The van der Waals surface area contributed by atoms with Crippen molar-refractivity contribution in [1.29, 1.82) is 0 Å². The number of nitrogens with zero attached hydrogens (tertiary/aromatic N) is 2. The van der Waals surface area contributed by atoms with E-state index in [4.69, 9.17) is 0 Å². The Morgan fingerprint density at radius 1 is 0.178 bits per heavy atom. The molecule has 4 aliphatic rings. The topological polar surface area (TPSA) is 6.48 Å². The van der Waals surface area contributed by atoms with Crippen LogP contribution in [-0.2, 0) is 10.8 Å². The summed E-state index contributed by atoms with van der Waals surface area (Å²) in [4.78, 5) is 4.93. The van der Waals surface area contributed by atoms with Gasteiger partial charge in [-0.25, -0.2) is 0 Å². The first-order valence-corrected chi connectivity index (χ1v) is 31.4. The van der Waals surface area contributed by atoms with Gasteiger partial charge in [0.25, 0.3) is 0 Å². The summed E-state index contributed by atoms with van der Waals surface area (Å²) in [5, 5.41) is 4.87. The first-order valence-electron chi connectivity index (χ1n) is 31.4. The van der Waals surface area contributed by atoms with Crippen molar-refractivity contribution < 1.29 is 0 Å². The van der Waals surface area contributed by atoms with Gasteiger partial charge in [-0.2, -0.15) is 0 Å². The largest absolute Gasteiger partial charge is 0.310 e. The van der Waals surface area contributed by atoms with Crippen LogP contribution in [0.4, 0.5) is 34.1 Å². The lowest BCUT2D eigenvalue weighted by Crippen LogP contribution is -2.36. The quantitative estimate of drug-likeness (QED) is 0.153. The summed E-state index contributed by atoms with van der Waals surface area (Å²) >= 11 is 0. The predicted octanol–water partition coefficient (Wildman–Crippen LogP) is 23.0. The van der Waals surface area contributed by atoms with E-state index < -0.39 is 10.8 Å². The summed E-state index contributed by atoms with van der Waals surface area (Å²) in [6.07, 6.45) is 0. The monoisotopic (exact) mass is 1140 g/mol. The van der Waals surface area contributed by atoms with Gasteiger partial charge in [-0.3, -0.25) is 0 Å². The molecule has 19 rings (SSSR count). The van der Waals surface area contributed by atoms with E-state index in [1.807, 2.05) is 0 Å². The van der Waals surface area contributed by atoms with Crippen LogP contribution in [0.15, 0.2) is 340 Å². The molecule has 90 heavy (non-hydrogen) atoms. The van der Waals surface area contributed by atoms with Gasteiger partial charge in [-0.15, -0.1) is 0 Å². The lowest BCUT2D eigenvalue weighted by Gasteiger charge is -2.45. The molecular weight excluding hydrogens is 1080 g/mol. The van der Waals surface area contributed by atoms with Crippen molar-refractivity contribution >= 4 is 55.7 Å². The van der Waals surface area contributed by atoms with Crippen LogP contribution in [-0.4, -0.2) is 0 Å². The van der Waals surface area contributed by atoms with Crippen LogP contribution in [0, 0.1) is 0 Å². The van der Waals surface area contributed by atoms with Crippen molar-refractivity contribution in [1.82, 2.24) is 0 Å². The highest BCUT2D eigenvalue weighted by atomic mass is 15.2. The van der Waals surface area contributed by atoms with Gasteiger partial charge in [-0.1, -0.05) is 285 Å². The Morgan fingerprint density at radius 2 is 0.478 bits per heavy atom. The fourth-order valence-electron chi connectivity index (χ4n) is 16.9. The van der Waals surface area contributed by atoms with Gasteiger partial charge in [-0.05, 0) is 187 Å². The standard InChI is InChI=1S/C88H56N2/c1-4-26-57(27-5-1)58-52-54-59(55-53-58)84-66-36-22-34-62(64-38-24-46-78-85(64)68-32-10-12-40-72(68)87(78)74-42-14-18-48-80(74)89(60-28-6-2-7-29-60)81-49-19-15-43-75(81)87)70(66)56-71-63(35-23-37-67(71)84)65-39-25-47-79-86(65)69-33-11-13-41-73(69)88(79)76-44-16-20-50-82(76)90(61-30-8-3-9-31-61)83-51-21-17-45-77(83)88/h1-56H. The van der Waals surface area contributed by atoms with Crippen LogP contribution in [0.2, 0.25) is 0 Å². The lowest BCUT2D eigenvalue weighted by atomic mass is 9.64. The zero-order valence-electron chi connectivity index (χ0n) is 49.2. The molecule has 0 aromatic heterocycles. The van der Waals surface area contributed by atoms with Crippen molar-refractivity contribution in [3.63, 3.8) is 0 Å². The average Bonchev–Trinajstić information content (AvgIpc) is 1.51. The van der Waals surface area contributed by atoms with Gasteiger partial charge in [0.05, 0.1) is 33.6 Å². The van der Waals surface area contributed by atoms with E-state index in [2.05, 4.69) is 350 Å². The van der Waals surface area contributed by atoms with Gasteiger partial charge in [0.2, 0.25) is 0 Å². The van der Waals surface area contributed by atoms with E-state index in [1.165, 1.54) is 156 Å². The molecule has 2 heteroatoms. The van der Waals surface area contributed by atoms with Crippen LogP contribution in [0.25, 0.3) is 88.3 Å². The smallest absolute Gasteiger partial charge is 0.0754 e. The maximum Gasteiger partial charge on any atom is 0.0754 e. The maximum atomic E-state index is 2.55. The molecule has 418 valence electrons. The molecular formula is C88H56N2. The van der Waals surface area contributed by atoms with Gasteiger partial charge in [0.1, 0.15) is 0 Å². The van der Waals surface area contributed by atoms with Crippen molar-refractivity contribution in [2.75, 3.05) is 9.80 Å². The number of hydrogen-bond acceptors (Lipinski definition) is 2. The Kier molecular flexibility index (Phi) is 10.9. The molecule has 15 aromatic carbocycles. The molecule has 2 aliphatic carbocycles. The zero-order valence-corrected chi connectivity index (χ0v) is 49.2. The van der Waals surface area contributed by atoms with E-state index in [9.17, 15) is 0 Å². The molecule has 0 bridgehead atoms. The highest BCUT2D eigenvalue weighted by molar-refractivity contribution is 6.21. The average molecular weight is 1140 g/mol. The first kappa shape index (κ1) is 50.6. The highest BCUT2D eigenvalue weighted by Crippen LogP contribution is 2.67. The Morgan fingerprint density at radius 3 is 0.900 bits per heavy atom. The fourth-order valence-corrected chi connectivity index (χ4v) is 16.9. The minimum absolute atomic E-state index is 0.600. The first-order chi connectivity index (χ1) is 44.7. The number of anilines is 6. The van der Waals surface area contributed by atoms with Crippen LogP contribution >= 0.6 is 0 Å². The van der Waals surface area contributed by atoms with Crippen LogP contribution in [0.3, 0.4) is 0 Å². The summed E-state index contributed by atoms with van der Waals surface area (Å²) in [7, 11) is 0. The molecule has 2 heterocycles. The third-order valence-electron chi connectivity index (χ3n) is 20.3. The molecule has 2 spiro atoms. The van der Waals surface area contributed by atoms with Crippen molar-refractivity contribution in [3.8, 4) is 66.8 Å². The van der Waals surface area contributed by atoms with Crippen LogP contribution < -0.4 is 9.80 Å². The molecule has 0 saturated carbocycles. The van der Waals surface area contributed by atoms with Gasteiger partial charge in [0.15, 0.2) is 0 Å². The summed E-state index contributed by atoms with van der Waals surface area (Å²) in [6.45, 7) is 0. The summed E-state index contributed by atoms with van der Waals surface area (Å²) in [5.41, 5.74) is 30.9. The molecule has 0 radical (unpaired) electrons. The molecule has 15 aromatic rings. The molecule has 2 nitrogen and oxygen atoms in total. The van der Waals surface area contributed by atoms with E-state index >= 15 is 0 Å². The second kappa shape index (κ2) is 19.5. The van der Waals surface area contributed by atoms with Crippen molar-refractivity contribution in [2.24, 2.45) is 0 Å². The summed E-state index contributed by atoms with van der Waals surface area (Å²) in [5.74, 6) is 0. The molecule has 0 fully saturated rings. The Labute approximate surface area is 524 Å². The maximum absolute atomic E-state index is 2.55. The third kappa shape index (κ3) is 6.82. The Balaban J connectivity index is 0.881. The molecule has 0 N–H and O–H groups in total. The second-order valence-corrected chi connectivity index (χ2v) is 24.5. The Hall–Kier alpha value is -11.6. The Bertz CT molecular complexity index is 5040. The van der Waals surface area contributed by atoms with E-state index in [0.29, 0.717) is 0 Å². The normalized spacial score (nSPS) is 13.9. The zero-order chi connectivity index (χ0) is 59.1. The minimum Gasteiger partial charge on any atom is -0.310 e. The molecule has 0 unspecified atom stereocenters. The second-order valence-electron chi connectivity index (χ2n) is 24.5. The summed E-state index contributed by atoms with van der Waals surface area (Å²) in [6, 6.07) is 128. The third-order valence-corrected chi connectivity index (χ3v) is 20.3. The van der Waals surface area contributed by atoms with Crippen LogP contribution in [0.5, 0.6) is 0 Å². The lowest BCUT2D eigenvalue weighted by molar-refractivity contribution is 0.753. The van der Waals surface area contributed by atoms with Gasteiger partial charge in [0, 0.05) is 11.4 Å². The minimum atomic E-state index is -0.600. The molecule has 0 amide bonds. The van der Waals surface area contributed by atoms with Crippen molar-refractivity contribution in [2.45, 2.75) is 10.8 Å². The molecule has 2 aliphatic heterocycles. The number of fused-ring (bicyclic) bond motifs is 20. The molecule has 0 atom stereocenters. The highest BCUT2D eigenvalue weighted by Gasteiger charge is 2.54. The number of para-hydroxylation sites is 6. The van der Waals surface area contributed by atoms with E-state index in [1.54, 1.807) is 0 Å². The summed E-state index contributed by atoms with van der Waals surface area (Å²) < 4.78 is 0. The number of benzene rings is 15. The predicted molar refractivity (Wildman–Crippen MR) is 374 cm³/mol. The van der Waals surface area contributed by atoms with E-state index in [0.717, 1.165) is 11.4 Å². The number of hydrogen-bond donors (Lipinski definition) is 0. The SMILES string of the molecule is c1ccc(-c2ccc(-c3c4cccc(-c5cccc6c5-c5ccccc5C65c6ccccc6N(c6ccccc6)c6ccccc65)c4cc4c(-c5cccc6c5-c5ccccc5C65c6ccccc6N(c6ccccc6)c6ccccc65)cccc34)cc2)cc1. The van der Waals surface area contributed by atoms with E-state index in [-0.39, 0.29) is 0 Å². The van der Waals surface area contributed by atoms with Gasteiger partial charge >= 0.3 is 0 Å². The number of rotatable bonds is 6.